The van der Waals surface area contributed by atoms with E-state index in [0.29, 0.717) is 36.4 Å². The van der Waals surface area contributed by atoms with Gasteiger partial charge in [-0.25, -0.2) is 4.79 Å². The molecular weight excluding hydrogens is 358 g/mol. The van der Waals surface area contributed by atoms with E-state index in [-0.39, 0.29) is 6.10 Å². The number of benzene rings is 1. The lowest BCUT2D eigenvalue weighted by molar-refractivity contribution is 0.103. The Bertz CT molecular complexity index is 789. The number of aromatic nitrogens is 2. The first-order chi connectivity index (χ1) is 13.2. The Morgan fingerprint density at radius 2 is 1.74 bits per heavy atom. The van der Waals surface area contributed by atoms with E-state index in [2.05, 4.69) is 24.7 Å². The second-order valence-corrected chi connectivity index (χ2v) is 5.15. The summed E-state index contributed by atoms with van der Waals surface area (Å²) in [4.78, 5) is 10.8. The fraction of sp³-hybridized carbons (Fsp3) is 0.235. The number of cyclic esters (lactones) is 1. The Labute approximate surface area is 153 Å². The minimum Gasteiger partial charge on any atom is -0.493 e. The van der Waals surface area contributed by atoms with Gasteiger partial charge in [-0.3, -0.25) is 0 Å². The summed E-state index contributed by atoms with van der Waals surface area (Å²) in [5.74, 6) is 2.03. The molecule has 0 radical (unpaired) electrons. The Kier molecular flexibility index (Phi) is 6.13. The van der Waals surface area contributed by atoms with Crippen LogP contribution in [-0.2, 0) is 4.74 Å². The molecule has 1 fully saturated rings. The van der Waals surface area contributed by atoms with Crippen molar-refractivity contribution in [3.05, 3.63) is 48.9 Å². The Morgan fingerprint density at radius 3 is 2.26 bits per heavy atom. The van der Waals surface area contributed by atoms with E-state index in [4.69, 9.17) is 18.9 Å². The van der Waals surface area contributed by atoms with E-state index in [9.17, 15) is 4.79 Å². The summed E-state index contributed by atoms with van der Waals surface area (Å²) >= 11 is 0. The van der Waals surface area contributed by atoms with Gasteiger partial charge in [0.05, 0.1) is 13.7 Å². The van der Waals surface area contributed by atoms with Crippen molar-refractivity contribution in [2.45, 2.75) is 6.10 Å². The van der Waals surface area contributed by atoms with Gasteiger partial charge < -0.3 is 33.3 Å². The Balaban J connectivity index is 0.000000166. The highest BCUT2D eigenvalue weighted by atomic mass is 16.6. The monoisotopic (exact) mass is 375 g/mol. The van der Waals surface area contributed by atoms with Crippen molar-refractivity contribution in [1.82, 2.24) is 15.6 Å². The predicted molar refractivity (Wildman–Crippen MR) is 89.8 cm³/mol. The molecule has 1 unspecified atom stereocenters. The standard InChI is InChI=1S/C11H13NO4.C6H4N2O3/c1-14-9-4-2-3-5-10(9)15-7-8-6-12-11(13)16-8;1-3-9-7-5(1)11-6-2-4-10-8-6/h2-5,8H,6-7H2,1H3,(H,12,13);1-4H. The van der Waals surface area contributed by atoms with Gasteiger partial charge >= 0.3 is 6.09 Å². The largest absolute Gasteiger partial charge is 0.493 e. The van der Waals surface area contributed by atoms with Gasteiger partial charge in [0.2, 0.25) is 0 Å². The first kappa shape index (κ1) is 18.1. The molecule has 0 saturated carbocycles. The number of methoxy groups -OCH3 is 1. The second kappa shape index (κ2) is 9.13. The molecule has 1 aliphatic heterocycles. The summed E-state index contributed by atoms with van der Waals surface area (Å²) in [6.07, 6.45) is 2.19. The molecule has 4 rings (SSSR count). The molecule has 10 nitrogen and oxygen atoms in total. The van der Waals surface area contributed by atoms with Crippen LogP contribution in [-0.4, -0.2) is 42.8 Å². The van der Waals surface area contributed by atoms with Crippen LogP contribution in [0.4, 0.5) is 4.79 Å². The van der Waals surface area contributed by atoms with E-state index in [1.54, 1.807) is 19.2 Å². The van der Waals surface area contributed by atoms with Crippen molar-refractivity contribution in [1.29, 1.82) is 0 Å². The molecule has 1 aromatic carbocycles. The van der Waals surface area contributed by atoms with Gasteiger partial charge in [-0.2, -0.15) is 0 Å². The van der Waals surface area contributed by atoms with E-state index < -0.39 is 6.09 Å². The average molecular weight is 375 g/mol. The molecule has 0 spiro atoms. The minimum absolute atomic E-state index is 0.239. The summed E-state index contributed by atoms with van der Waals surface area (Å²) in [7, 11) is 1.58. The number of rotatable bonds is 6. The SMILES string of the molecule is COc1ccccc1OCC1CNC(=O)O1.c1cc(Oc2ccon2)no1. The molecule has 3 heterocycles. The highest BCUT2D eigenvalue weighted by Gasteiger charge is 2.23. The number of amides is 1. The number of alkyl carbamates (subject to hydrolysis) is 1. The van der Waals surface area contributed by atoms with Crippen LogP contribution in [0.1, 0.15) is 0 Å². The number of nitrogens with one attached hydrogen (secondary N) is 1. The van der Waals surface area contributed by atoms with Gasteiger partial charge in [0.1, 0.15) is 19.1 Å². The maximum Gasteiger partial charge on any atom is 0.407 e. The van der Waals surface area contributed by atoms with E-state index in [1.165, 1.54) is 12.5 Å². The summed E-state index contributed by atoms with van der Waals surface area (Å²) in [5.41, 5.74) is 0. The van der Waals surface area contributed by atoms with Gasteiger partial charge in [-0.15, -0.1) is 0 Å². The zero-order valence-corrected chi connectivity index (χ0v) is 14.4. The van der Waals surface area contributed by atoms with Gasteiger partial charge in [0.15, 0.2) is 17.6 Å². The van der Waals surface area contributed by atoms with Crippen LogP contribution in [0.2, 0.25) is 0 Å². The third kappa shape index (κ3) is 5.39. The van der Waals surface area contributed by atoms with E-state index in [0.717, 1.165) is 0 Å². The van der Waals surface area contributed by atoms with Crippen molar-refractivity contribution in [2.75, 3.05) is 20.3 Å². The molecule has 3 aromatic rings. The van der Waals surface area contributed by atoms with Crippen LogP contribution in [0, 0.1) is 0 Å². The topological polar surface area (TPSA) is 118 Å². The van der Waals surface area contributed by atoms with E-state index >= 15 is 0 Å². The summed E-state index contributed by atoms with van der Waals surface area (Å²) in [5, 5.41) is 9.59. The quantitative estimate of drug-likeness (QED) is 0.693. The van der Waals surface area contributed by atoms with Crippen molar-refractivity contribution >= 4 is 6.09 Å². The number of ether oxygens (including phenoxy) is 4. The number of carbonyl (C=O) groups is 1. The maximum absolute atomic E-state index is 10.8. The third-order valence-corrected chi connectivity index (χ3v) is 3.28. The average Bonchev–Trinajstić information content (AvgIpc) is 3.45. The summed E-state index contributed by atoms with van der Waals surface area (Å²) in [6, 6.07) is 10.5. The molecule has 0 aliphatic carbocycles. The summed E-state index contributed by atoms with van der Waals surface area (Å²) in [6.45, 7) is 0.799. The minimum atomic E-state index is -0.395. The molecule has 142 valence electrons. The lowest BCUT2D eigenvalue weighted by atomic mass is 10.3. The summed E-state index contributed by atoms with van der Waals surface area (Å²) < 4.78 is 29.7. The van der Waals surface area contributed by atoms with Crippen LogP contribution < -0.4 is 19.5 Å². The number of para-hydroxylation sites is 2. The molecule has 2 aromatic heterocycles. The fourth-order valence-corrected chi connectivity index (χ4v) is 2.06. The van der Waals surface area contributed by atoms with Crippen molar-refractivity contribution in [2.24, 2.45) is 0 Å². The number of nitrogens with zero attached hydrogens (tertiary/aromatic N) is 2. The van der Waals surface area contributed by atoms with Crippen molar-refractivity contribution in [3.8, 4) is 23.3 Å². The molecule has 1 saturated heterocycles. The fourth-order valence-electron chi connectivity index (χ4n) is 2.06. The maximum atomic E-state index is 10.8. The Morgan fingerprint density at radius 1 is 1.07 bits per heavy atom. The van der Waals surface area contributed by atoms with Crippen molar-refractivity contribution < 1.29 is 32.8 Å². The number of hydrogen-bond donors (Lipinski definition) is 1. The molecule has 27 heavy (non-hydrogen) atoms. The van der Waals surface area contributed by atoms with Crippen LogP contribution in [0.3, 0.4) is 0 Å². The van der Waals surface area contributed by atoms with Gasteiger partial charge in [-0.05, 0) is 22.4 Å². The zero-order valence-electron chi connectivity index (χ0n) is 14.4. The zero-order chi connectivity index (χ0) is 18.9. The molecule has 1 atom stereocenters. The predicted octanol–water partition coefficient (Wildman–Crippen LogP) is 2.64. The molecule has 1 N–H and O–H groups in total. The molecule has 1 amide bonds. The molecule has 0 bridgehead atoms. The first-order valence-corrected chi connectivity index (χ1v) is 7.93. The smallest absolute Gasteiger partial charge is 0.407 e. The van der Waals surface area contributed by atoms with Gasteiger partial charge in [0.25, 0.3) is 11.8 Å². The van der Waals surface area contributed by atoms with Gasteiger partial charge in [0, 0.05) is 12.1 Å². The second-order valence-electron chi connectivity index (χ2n) is 5.15. The van der Waals surface area contributed by atoms with Crippen molar-refractivity contribution in [3.63, 3.8) is 0 Å². The van der Waals surface area contributed by atoms with Crippen LogP contribution in [0.15, 0.2) is 58.0 Å². The first-order valence-electron chi connectivity index (χ1n) is 7.93. The Hall–Kier alpha value is -3.69. The lowest BCUT2D eigenvalue weighted by Gasteiger charge is -2.12. The molecule has 1 aliphatic rings. The molecular formula is C17H17N3O7. The highest BCUT2D eigenvalue weighted by Crippen LogP contribution is 2.26. The van der Waals surface area contributed by atoms with Crippen LogP contribution >= 0.6 is 0 Å². The van der Waals surface area contributed by atoms with Crippen LogP contribution in [0.5, 0.6) is 23.3 Å². The van der Waals surface area contributed by atoms with E-state index in [1.807, 2.05) is 24.3 Å². The lowest BCUT2D eigenvalue weighted by Crippen LogP contribution is -2.22. The van der Waals surface area contributed by atoms with Crippen LogP contribution in [0.25, 0.3) is 0 Å². The highest BCUT2D eigenvalue weighted by molar-refractivity contribution is 5.69. The van der Waals surface area contributed by atoms with Gasteiger partial charge in [-0.1, -0.05) is 12.1 Å². The molecule has 10 heteroatoms. The number of carbonyl (C=O) groups excluding carboxylic acids is 1. The number of hydrogen-bond acceptors (Lipinski definition) is 9. The normalized spacial score (nSPS) is 15.1. The third-order valence-electron chi connectivity index (χ3n) is 3.28.